The summed E-state index contributed by atoms with van der Waals surface area (Å²) in [4.78, 5) is 29.8. The van der Waals surface area contributed by atoms with Gasteiger partial charge in [0.05, 0.1) is 19.8 Å². The van der Waals surface area contributed by atoms with E-state index in [0.717, 1.165) is 25.9 Å². The molecule has 3 rings (SSSR count). The van der Waals surface area contributed by atoms with E-state index < -0.39 is 0 Å². The van der Waals surface area contributed by atoms with Gasteiger partial charge in [-0.3, -0.25) is 14.5 Å². The molecule has 1 aromatic rings. The lowest BCUT2D eigenvalue weighted by Gasteiger charge is -2.33. The molecule has 146 valence electrons. The molecular weight excluding hydrogens is 344 g/mol. The first-order valence-corrected chi connectivity index (χ1v) is 9.48. The molecular formula is C21H28N2O4. The molecule has 0 spiro atoms. The Kier molecular flexibility index (Phi) is 5.44. The lowest BCUT2D eigenvalue weighted by atomic mass is 9.97. The molecule has 6 heteroatoms. The Morgan fingerprint density at radius 1 is 1.07 bits per heavy atom. The molecule has 2 amide bonds. The number of carbonyl (C=O) groups is 2. The van der Waals surface area contributed by atoms with Crippen LogP contribution in [0.25, 0.3) is 5.57 Å². The van der Waals surface area contributed by atoms with Crippen molar-refractivity contribution in [2.45, 2.75) is 39.7 Å². The molecule has 1 aromatic carbocycles. The van der Waals surface area contributed by atoms with E-state index in [-0.39, 0.29) is 17.9 Å². The zero-order chi connectivity index (χ0) is 19.7. The second-order valence-electron chi connectivity index (χ2n) is 7.56. The van der Waals surface area contributed by atoms with Crippen LogP contribution in [0.1, 0.15) is 39.2 Å². The number of hydrogen-bond donors (Lipinski definition) is 0. The second-order valence-corrected chi connectivity index (χ2v) is 7.56. The molecule has 2 aliphatic rings. The van der Waals surface area contributed by atoms with Crippen LogP contribution in [-0.2, 0) is 9.59 Å². The summed E-state index contributed by atoms with van der Waals surface area (Å²) in [5, 5.41) is 0. The highest BCUT2D eigenvalue weighted by molar-refractivity contribution is 6.35. The third-order valence-corrected chi connectivity index (χ3v) is 5.25. The molecule has 1 unspecified atom stereocenters. The Balaban J connectivity index is 2.13. The van der Waals surface area contributed by atoms with Crippen LogP contribution in [0.3, 0.4) is 0 Å². The molecule has 1 atom stereocenters. The van der Waals surface area contributed by atoms with Crippen molar-refractivity contribution < 1.29 is 19.1 Å². The zero-order valence-corrected chi connectivity index (χ0v) is 16.7. The Morgan fingerprint density at radius 3 is 2.37 bits per heavy atom. The number of methoxy groups -OCH3 is 2. The van der Waals surface area contributed by atoms with E-state index in [1.807, 2.05) is 19.9 Å². The van der Waals surface area contributed by atoms with Gasteiger partial charge in [-0.2, -0.15) is 0 Å². The molecule has 0 saturated carbocycles. The van der Waals surface area contributed by atoms with Crippen LogP contribution >= 0.6 is 0 Å². The maximum Gasteiger partial charge on any atom is 0.278 e. The number of carbonyl (C=O) groups excluding carboxylic acids is 2. The van der Waals surface area contributed by atoms with Crippen molar-refractivity contribution in [3.8, 4) is 11.5 Å². The molecule has 2 aliphatic heterocycles. The highest BCUT2D eigenvalue weighted by Gasteiger charge is 2.43. The van der Waals surface area contributed by atoms with E-state index >= 15 is 0 Å². The first kappa shape index (κ1) is 19.3. The van der Waals surface area contributed by atoms with Crippen LogP contribution in [0.5, 0.6) is 11.5 Å². The summed E-state index contributed by atoms with van der Waals surface area (Å²) in [6, 6.07) is 5.17. The van der Waals surface area contributed by atoms with Crippen LogP contribution in [0.2, 0.25) is 0 Å². The Morgan fingerprint density at radius 2 is 1.78 bits per heavy atom. The fourth-order valence-electron chi connectivity index (χ4n) is 3.94. The van der Waals surface area contributed by atoms with Crippen LogP contribution in [0.4, 0.5) is 0 Å². The van der Waals surface area contributed by atoms with Crippen LogP contribution in [0.15, 0.2) is 23.9 Å². The standard InChI is InChI=1S/C21H28N2O4/c1-13(2)23-20(24)18(15-8-9-16(26-4)17(11-15)27-5)19(21(23)25)22-10-6-7-14(3)12-22/h8-9,11,13-14H,6-7,10,12H2,1-5H3. The van der Waals surface area contributed by atoms with Gasteiger partial charge in [0.1, 0.15) is 5.70 Å². The average molecular weight is 372 g/mol. The molecule has 0 aliphatic carbocycles. The summed E-state index contributed by atoms with van der Waals surface area (Å²) in [5.74, 6) is 1.18. The molecule has 0 radical (unpaired) electrons. The molecule has 0 bridgehead atoms. The molecule has 2 heterocycles. The van der Waals surface area contributed by atoms with E-state index in [4.69, 9.17) is 9.47 Å². The van der Waals surface area contributed by atoms with E-state index in [1.54, 1.807) is 26.4 Å². The molecule has 0 N–H and O–H groups in total. The van der Waals surface area contributed by atoms with E-state index in [9.17, 15) is 9.59 Å². The predicted octanol–water partition coefficient (Wildman–Crippen LogP) is 2.92. The minimum atomic E-state index is -0.240. The predicted molar refractivity (Wildman–Crippen MR) is 103 cm³/mol. The van der Waals surface area contributed by atoms with Gasteiger partial charge in [0.25, 0.3) is 11.8 Å². The van der Waals surface area contributed by atoms with Crippen LogP contribution in [-0.4, -0.2) is 55.0 Å². The third-order valence-electron chi connectivity index (χ3n) is 5.25. The summed E-state index contributed by atoms with van der Waals surface area (Å²) >= 11 is 0. The van der Waals surface area contributed by atoms with Crippen LogP contribution < -0.4 is 9.47 Å². The number of likely N-dealkylation sites (tertiary alicyclic amines) is 1. The normalized spacial score (nSPS) is 20.7. The molecule has 1 saturated heterocycles. The highest BCUT2D eigenvalue weighted by atomic mass is 16.5. The summed E-state index contributed by atoms with van der Waals surface area (Å²) in [7, 11) is 3.13. The van der Waals surface area contributed by atoms with Gasteiger partial charge in [0.15, 0.2) is 11.5 Å². The number of amides is 2. The van der Waals surface area contributed by atoms with Gasteiger partial charge in [-0.1, -0.05) is 13.0 Å². The lowest BCUT2D eigenvalue weighted by molar-refractivity contribution is -0.139. The smallest absolute Gasteiger partial charge is 0.278 e. The quantitative estimate of drug-likeness (QED) is 0.744. The minimum absolute atomic E-state index is 0.195. The largest absolute Gasteiger partial charge is 0.493 e. The van der Waals surface area contributed by atoms with E-state index in [0.29, 0.717) is 34.3 Å². The Bertz CT molecular complexity index is 784. The van der Waals surface area contributed by atoms with Gasteiger partial charge >= 0.3 is 0 Å². The molecule has 6 nitrogen and oxygen atoms in total. The summed E-state index contributed by atoms with van der Waals surface area (Å²) < 4.78 is 10.7. The van der Waals surface area contributed by atoms with Gasteiger partial charge in [-0.25, -0.2) is 0 Å². The minimum Gasteiger partial charge on any atom is -0.493 e. The van der Waals surface area contributed by atoms with Gasteiger partial charge in [0.2, 0.25) is 0 Å². The topological polar surface area (TPSA) is 59.1 Å². The van der Waals surface area contributed by atoms with E-state index in [2.05, 4.69) is 11.8 Å². The van der Waals surface area contributed by atoms with Crippen molar-refractivity contribution in [3.05, 3.63) is 29.5 Å². The van der Waals surface area contributed by atoms with Gasteiger partial charge < -0.3 is 14.4 Å². The van der Waals surface area contributed by atoms with Gasteiger partial charge in [0, 0.05) is 19.1 Å². The first-order chi connectivity index (χ1) is 12.9. The average Bonchev–Trinajstić information content (AvgIpc) is 2.91. The lowest BCUT2D eigenvalue weighted by Crippen LogP contribution is -2.41. The van der Waals surface area contributed by atoms with Crippen molar-refractivity contribution >= 4 is 17.4 Å². The first-order valence-electron chi connectivity index (χ1n) is 9.48. The Hall–Kier alpha value is -2.50. The molecule has 0 aromatic heterocycles. The van der Waals surface area contributed by atoms with Crippen molar-refractivity contribution in [2.75, 3.05) is 27.3 Å². The van der Waals surface area contributed by atoms with Crippen molar-refractivity contribution in [1.82, 2.24) is 9.80 Å². The molecule has 1 fully saturated rings. The highest BCUT2D eigenvalue weighted by Crippen LogP contribution is 2.38. The van der Waals surface area contributed by atoms with Crippen LogP contribution in [0, 0.1) is 5.92 Å². The molecule has 27 heavy (non-hydrogen) atoms. The van der Waals surface area contributed by atoms with Gasteiger partial charge in [-0.15, -0.1) is 0 Å². The second kappa shape index (κ2) is 7.62. The summed E-state index contributed by atoms with van der Waals surface area (Å²) in [5.41, 5.74) is 1.67. The maximum absolute atomic E-state index is 13.2. The van der Waals surface area contributed by atoms with Crippen molar-refractivity contribution in [1.29, 1.82) is 0 Å². The number of hydrogen-bond acceptors (Lipinski definition) is 5. The Labute approximate surface area is 160 Å². The number of benzene rings is 1. The number of nitrogens with zero attached hydrogens (tertiary/aromatic N) is 2. The number of imide groups is 1. The van der Waals surface area contributed by atoms with Crippen molar-refractivity contribution in [2.24, 2.45) is 5.92 Å². The summed E-state index contributed by atoms with van der Waals surface area (Å²) in [6.45, 7) is 7.50. The van der Waals surface area contributed by atoms with Crippen molar-refractivity contribution in [3.63, 3.8) is 0 Å². The number of piperidine rings is 1. The SMILES string of the molecule is COc1ccc(C2=C(N3CCCC(C)C3)C(=O)N(C(C)C)C2=O)cc1OC. The zero-order valence-electron chi connectivity index (χ0n) is 16.7. The summed E-state index contributed by atoms with van der Waals surface area (Å²) in [6.07, 6.45) is 2.17. The fourth-order valence-corrected chi connectivity index (χ4v) is 3.94. The fraction of sp³-hybridized carbons (Fsp3) is 0.524. The maximum atomic E-state index is 13.2. The third kappa shape index (κ3) is 3.40. The monoisotopic (exact) mass is 372 g/mol. The number of rotatable bonds is 5. The number of ether oxygens (including phenoxy) is 2. The van der Waals surface area contributed by atoms with Gasteiger partial charge in [-0.05, 0) is 50.3 Å². The van der Waals surface area contributed by atoms with E-state index in [1.165, 1.54) is 4.90 Å².